The number of nitrogens with two attached hydrogens (primary N) is 2. The molecule has 0 saturated heterocycles. The molecule has 0 aliphatic rings. The van der Waals surface area contributed by atoms with Crippen molar-refractivity contribution in [3.8, 4) is 11.5 Å². The van der Waals surface area contributed by atoms with Gasteiger partial charge in [-0.3, -0.25) is 10.8 Å². The maximum absolute atomic E-state index is 7.05. The van der Waals surface area contributed by atoms with E-state index in [2.05, 4.69) is 0 Å². The smallest absolute Gasteiger partial charge is 0.284 e. The lowest BCUT2D eigenvalue weighted by atomic mass is 10.3. The monoisotopic (exact) mass is 374 g/mol. The Morgan fingerprint density at radius 2 is 1.00 bits per heavy atom. The molecule has 9 heteroatoms. The van der Waals surface area contributed by atoms with Gasteiger partial charge in [-0.25, -0.2) is 0 Å². The number of rotatable bonds is 4. The fourth-order valence-electron chi connectivity index (χ4n) is 1.54. The summed E-state index contributed by atoms with van der Waals surface area (Å²) in [6.45, 7) is 0. The lowest BCUT2D eigenvalue weighted by molar-refractivity contribution is 0.536. The summed E-state index contributed by atoms with van der Waals surface area (Å²) < 4.78 is 9.95. The first-order valence-electron chi connectivity index (χ1n) is 5.94. The van der Waals surface area contributed by atoms with Crippen LogP contribution in [0.25, 0.3) is 0 Å². The van der Waals surface area contributed by atoms with E-state index in [1.807, 2.05) is 24.3 Å². The molecule has 2 aromatic rings. The molecule has 0 unspecified atom stereocenters. The molecule has 0 aliphatic carbocycles. The van der Waals surface area contributed by atoms with Crippen molar-refractivity contribution in [3.05, 3.63) is 48.5 Å². The van der Waals surface area contributed by atoms with Gasteiger partial charge < -0.3 is 20.9 Å². The van der Waals surface area contributed by atoms with Crippen molar-refractivity contribution in [2.75, 3.05) is 0 Å². The Kier molecular flexibility index (Phi) is 8.94. The summed E-state index contributed by atoms with van der Waals surface area (Å²) in [5.41, 5.74) is 10.3. The van der Waals surface area contributed by atoms with E-state index in [9.17, 15) is 0 Å². The molecular weight excluding hydrogens is 359 g/mol. The average Bonchev–Trinajstić information content (AvgIpc) is 2.42. The maximum atomic E-state index is 7.05. The summed E-state index contributed by atoms with van der Waals surface area (Å²) in [6, 6.07) is 13.8. The predicted molar refractivity (Wildman–Crippen MR) is 96.6 cm³/mol. The SMILES string of the molecule is Cl.Cl.N=C(N)Oc1ccc(Sc2ccc(OC(=N)N)cc2)cc1. The van der Waals surface area contributed by atoms with Crippen LogP contribution in [0.2, 0.25) is 0 Å². The second-order valence-electron chi connectivity index (χ2n) is 3.98. The molecule has 0 saturated carbocycles. The number of hydrogen-bond acceptors (Lipinski definition) is 5. The summed E-state index contributed by atoms with van der Waals surface area (Å²) in [5, 5.41) is 14.1. The van der Waals surface area contributed by atoms with Crippen LogP contribution in [0.5, 0.6) is 11.5 Å². The van der Waals surface area contributed by atoms with Crippen LogP contribution in [0, 0.1) is 10.8 Å². The zero-order valence-electron chi connectivity index (χ0n) is 11.8. The molecule has 0 fully saturated rings. The van der Waals surface area contributed by atoms with Gasteiger partial charge in [0.2, 0.25) is 0 Å². The molecule has 0 heterocycles. The van der Waals surface area contributed by atoms with E-state index in [1.54, 1.807) is 36.0 Å². The van der Waals surface area contributed by atoms with Crippen LogP contribution in [0.15, 0.2) is 58.3 Å². The second-order valence-corrected chi connectivity index (χ2v) is 5.12. The van der Waals surface area contributed by atoms with E-state index in [0.717, 1.165) is 9.79 Å². The fraction of sp³-hybridized carbons (Fsp3) is 0. The molecule has 0 amide bonds. The highest BCUT2D eigenvalue weighted by Crippen LogP contribution is 2.30. The highest BCUT2D eigenvalue weighted by atomic mass is 35.5. The van der Waals surface area contributed by atoms with Crippen LogP contribution in [0.3, 0.4) is 0 Å². The molecule has 6 nitrogen and oxygen atoms in total. The Bertz CT molecular complexity index is 593. The van der Waals surface area contributed by atoms with E-state index in [0.29, 0.717) is 11.5 Å². The third-order valence-corrected chi connectivity index (χ3v) is 3.35. The Balaban J connectivity index is 0.00000242. The molecular formula is C14H16Cl2N4O2S. The maximum Gasteiger partial charge on any atom is 0.284 e. The first-order valence-corrected chi connectivity index (χ1v) is 6.76. The Morgan fingerprint density at radius 3 is 1.26 bits per heavy atom. The van der Waals surface area contributed by atoms with Crippen LogP contribution in [0.4, 0.5) is 0 Å². The van der Waals surface area contributed by atoms with Crippen LogP contribution in [0.1, 0.15) is 0 Å². The second kappa shape index (κ2) is 9.83. The molecule has 23 heavy (non-hydrogen) atoms. The molecule has 0 aliphatic heterocycles. The van der Waals surface area contributed by atoms with Crippen molar-refractivity contribution >= 4 is 48.6 Å². The third-order valence-electron chi connectivity index (χ3n) is 2.34. The molecule has 0 radical (unpaired) electrons. The van der Waals surface area contributed by atoms with Gasteiger partial charge >= 0.3 is 0 Å². The van der Waals surface area contributed by atoms with Gasteiger partial charge in [0.15, 0.2) is 0 Å². The van der Waals surface area contributed by atoms with E-state index in [4.69, 9.17) is 31.8 Å². The van der Waals surface area contributed by atoms with E-state index < -0.39 is 0 Å². The third kappa shape index (κ3) is 7.14. The summed E-state index contributed by atoms with van der Waals surface area (Å²) in [7, 11) is 0. The highest BCUT2D eigenvalue weighted by Gasteiger charge is 2.01. The lowest BCUT2D eigenvalue weighted by Crippen LogP contribution is -2.17. The molecule has 2 rings (SSSR count). The molecule has 0 aromatic heterocycles. The summed E-state index contributed by atoms with van der Waals surface area (Å²) in [5.74, 6) is 1.05. The number of benzene rings is 2. The Labute approximate surface area is 150 Å². The lowest BCUT2D eigenvalue weighted by Gasteiger charge is -2.06. The minimum Gasteiger partial charge on any atom is -0.426 e. The minimum absolute atomic E-state index is 0. The first-order chi connectivity index (χ1) is 10.0. The zero-order valence-corrected chi connectivity index (χ0v) is 14.3. The number of nitrogens with one attached hydrogen (secondary N) is 2. The predicted octanol–water partition coefficient (Wildman–Crippen LogP) is 3.23. The van der Waals surface area contributed by atoms with Gasteiger partial charge in [-0.05, 0) is 48.5 Å². The normalized spacial score (nSPS) is 9.04. The van der Waals surface area contributed by atoms with Crippen LogP contribution < -0.4 is 20.9 Å². The van der Waals surface area contributed by atoms with Gasteiger partial charge in [0.05, 0.1) is 0 Å². The van der Waals surface area contributed by atoms with Crippen LogP contribution in [-0.2, 0) is 0 Å². The van der Waals surface area contributed by atoms with Crippen molar-refractivity contribution in [1.29, 1.82) is 10.8 Å². The van der Waals surface area contributed by atoms with Gasteiger partial charge in [0.1, 0.15) is 11.5 Å². The van der Waals surface area contributed by atoms with E-state index >= 15 is 0 Å². The Morgan fingerprint density at radius 1 is 0.696 bits per heavy atom. The zero-order chi connectivity index (χ0) is 15.2. The van der Waals surface area contributed by atoms with Crippen LogP contribution >= 0.6 is 36.6 Å². The van der Waals surface area contributed by atoms with Gasteiger partial charge in [0.25, 0.3) is 12.0 Å². The Hall–Kier alpha value is -2.09. The summed E-state index contributed by atoms with van der Waals surface area (Å²) in [6.07, 6.45) is 0. The average molecular weight is 375 g/mol. The standard InChI is InChI=1S/C14H14N4O2S.2ClH/c15-13(16)19-9-1-5-11(6-2-9)21-12-7-3-10(4-8-12)20-14(17)18;;/h1-8H,(H3,15,16)(H3,17,18);2*1H. The summed E-state index contributed by atoms with van der Waals surface area (Å²) in [4.78, 5) is 2.04. The molecule has 0 atom stereocenters. The molecule has 0 spiro atoms. The highest BCUT2D eigenvalue weighted by molar-refractivity contribution is 7.99. The van der Waals surface area contributed by atoms with Gasteiger partial charge in [-0.2, -0.15) is 0 Å². The van der Waals surface area contributed by atoms with E-state index in [1.165, 1.54) is 0 Å². The molecule has 124 valence electrons. The van der Waals surface area contributed by atoms with Crippen molar-refractivity contribution in [1.82, 2.24) is 0 Å². The molecule has 0 bridgehead atoms. The molecule has 6 N–H and O–H groups in total. The van der Waals surface area contributed by atoms with Gasteiger partial charge in [-0.1, -0.05) is 11.8 Å². The first kappa shape index (κ1) is 20.9. The van der Waals surface area contributed by atoms with Crippen molar-refractivity contribution in [2.45, 2.75) is 9.79 Å². The van der Waals surface area contributed by atoms with Gasteiger partial charge in [0, 0.05) is 9.79 Å². The minimum atomic E-state index is -0.337. The van der Waals surface area contributed by atoms with E-state index in [-0.39, 0.29) is 36.9 Å². The fourth-order valence-corrected chi connectivity index (χ4v) is 2.36. The van der Waals surface area contributed by atoms with Crippen molar-refractivity contribution in [3.63, 3.8) is 0 Å². The largest absolute Gasteiger partial charge is 0.426 e. The number of halogens is 2. The van der Waals surface area contributed by atoms with Crippen molar-refractivity contribution in [2.24, 2.45) is 11.5 Å². The number of amidine groups is 2. The summed E-state index contributed by atoms with van der Waals surface area (Å²) >= 11 is 1.56. The number of hydrogen-bond donors (Lipinski definition) is 4. The van der Waals surface area contributed by atoms with Gasteiger partial charge in [-0.15, -0.1) is 24.8 Å². The topological polar surface area (TPSA) is 118 Å². The number of ether oxygens (including phenoxy) is 2. The van der Waals surface area contributed by atoms with Crippen molar-refractivity contribution < 1.29 is 9.47 Å². The molecule has 2 aromatic carbocycles. The van der Waals surface area contributed by atoms with Crippen LogP contribution in [-0.4, -0.2) is 12.0 Å². The quantitative estimate of drug-likeness (QED) is 0.483.